The number of hydrogen-bond donors (Lipinski definition) is 2. The molecular weight excluding hydrogens is 538 g/mol. The fraction of sp³-hybridized carbons (Fsp3) is 0.389. The summed E-state index contributed by atoms with van der Waals surface area (Å²) in [5.41, 5.74) is 1.81. The van der Waals surface area contributed by atoms with Crippen LogP contribution in [-0.2, 0) is 23.4 Å². The van der Waals surface area contributed by atoms with E-state index in [0.717, 1.165) is 51.5 Å². The lowest BCUT2D eigenvalue weighted by molar-refractivity contribution is -0.139. The maximum Gasteiger partial charge on any atom is 0.314 e. The van der Waals surface area contributed by atoms with Gasteiger partial charge in [-0.25, -0.2) is 0 Å². The number of likely N-dealkylation sites (N-methyl/N-ethyl adjacent to an activating group) is 2. The first-order valence-corrected chi connectivity index (χ1v) is 15.4. The average molecular weight is 582 g/mol. The molecule has 1 atom stereocenters. The molecule has 0 amide bonds. The van der Waals surface area contributed by atoms with Crippen LogP contribution in [0.3, 0.4) is 0 Å². The summed E-state index contributed by atoms with van der Waals surface area (Å²) in [4.78, 5) is 32.6. The molecule has 1 aliphatic rings. The number of fused-ring (bicyclic) bond motifs is 1. The molecule has 1 saturated carbocycles. The number of esters is 1. The van der Waals surface area contributed by atoms with Gasteiger partial charge in [-0.2, -0.15) is 0 Å². The van der Waals surface area contributed by atoms with Crippen molar-refractivity contribution >= 4 is 16.9 Å². The molecule has 226 valence electrons. The van der Waals surface area contributed by atoms with Crippen LogP contribution in [0.1, 0.15) is 48.8 Å². The van der Waals surface area contributed by atoms with Crippen molar-refractivity contribution in [3.8, 4) is 5.75 Å². The summed E-state index contributed by atoms with van der Waals surface area (Å²) in [7, 11) is 3.95. The molecular formula is C36H43N3O4. The molecule has 4 aromatic rings. The molecule has 0 bridgehead atoms. The number of aromatic amines is 1. The topological polar surface area (TPSA) is 85.9 Å². The number of nitrogens with zero attached hydrogens (tertiary/aromatic N) is 2. The highest BCUT2D eigenvalue weighted by atomic mass is 16.5. The predicted molar refractivity (Wildman–Crippen MR) is 171 cm³/mol. The van der Waals surface area contributed by atoms with Crippen molar-refractivity contribution in [2.45, 2.75) is 50.7 Å². The quantitative estimate of drug-likeness (QED) is 0.130. The number of H-pyrrole nitrogens is 1. The van der Waals surface area contributed by atoms with Crippen LogP contribution in [-0.4, -0.2) is 59.6 Å². The van der Waals surface area contributed by atoms with E-state index in [1.807, 2.05) is 61.5 Å². The Morgan fingerprint density at radius 2 is 1.49 bits per heavy atom. The highest BCUT2D eigenvalue weighted by Crippen LogP contribution is 2.36. The molecule has 0 radical (unpaired) electrons. The summed E-state index contributed by atoms with van der Waals surface area (Å²) in [6.07, 6.45) is 6.46. The summed E-state index contributed by atoms with van der Waals surface area (Å²) in [5, 5.41) is 13.3. The smallest absolute Gasteiger partial charge is 0.314 e. The fourth-order valence-electron chi connectivity index (χ4n) is 6.15. The third kappa shape index (κ3) is 7.60. The van der Waals surface area contributed by atoms with Crippen LogP contribution < -0.4 is 10.3 Å². The normalized spacial score (nSPS) is 15.6. The lowest BCUT2D eigenvalue weighted by Gasteiger charge is -2.41. The van der Waals surface area contributed by atoms with Crippen molar-refractivity contribution in [3.63, 3.8) is 0 Å². The number of aliphatic hydroxyl groups is 1. The Hall–Kier alpha value is -3.78. The summed E-state index contributed by atoms with van der Waals surface area (Å²) < 4.78 is 5.91. The van der Waals surface area contributed by atoms with Crippen LogP contribution in [0.5, 0.6) is 5.75 Å². The molecule has 0 saturated heterocycles. The SMILES string of the molecule is CN(CCc1ccccc1)CC(O)(c1ccc(OC(=O)C2CCCCC2)c2[nH]c(=O)ccc12)N(C)CCc1ccccc1. The zero-order valence-corrected chi connectivity index (χ0v) is 25.3. The van der Waals surface area contributed by atoms with Gasteiger partial charge in [0.15, 0.2) is 11.5 Å². The Bertz CT molecular complexity index is 1550. The van der Waals surface area contributed by atoms with Crippen LogP contribution in [0.2, 0.25) is 0 Å². The van der Waals surface area contributed by atoms with Crippen LogP contribution in [0.4, 0.5) is 0 Å². The number of rotatable bonds is 12. The average Bonchev–Trinajstić information content (AvgIpc) is 3.04. The van der Waals surface area contributed by atoms with Gasteiger partial charge in [0.05, 0.1) is 11.4 Å². The summed E-state index contributed by atoms with van der Waals surface area (Å²) in [6, 6.07) is 27.3. The summed E-state index contributed by atoms with van der Waals surface area (Å²) in [6.45, 7) is 1.70. The molecule has 1 unspecified atom stereocenters. The first-order chi connectivity index (χ1) is 20.8. The Kier molecular flexibility index (Phi) is 10.1. The number of pyridine rings is 1. The second-order valence-corrected chi connectivity index (χ2v) is 11.9. The lowest BCUT2D eigenvalue weighted by atomic mass is 9.89. The van der Waals surface area contributed by atoms with Crippen molar-refractivity contribution in [2.24, 2.45) is 5.92 Å². The van der Waals surface area contributed by atoms with Gasteiger partial charge < -0.3 is 19.7 Å². The standard InChI is InChI=1S/C36H43N3O4/c1-38(24-22-27-12-6-3-7-13-27)26-36(42,39(2)25-23-28-14-8-4-9-15-28)31-19-20-32(34-30(31)18-21-33(40)37-34)43-35(41)29-16-10-5-11-17-29/h3-4,6-9,12-15,18-21,29,42H,5,10-11,16-17,22-26H2,1-2H3,(H,37,40). The monoisotopic (exact) mass is 581 g/mol. The van der Waals surface area contributed by atoms with E-state index < -0.39 is 5.72 Å². The second-order valence-electron chi connectivity index (χ2n) is 11.9. The minimum atomic E-state index is -1.40. The van der Waals surface area contributed by atoms with Gasteiger partial charge in [-0.15, -0.1) is 0 Å². The van der Waals surface area contributed by atoms with Gasteiger partial charge in [0, 0.05) is 36.7 Å². The number of carbonyl (C=O) groups is 1. The maximum absolute atomic E-state index is 13.1. The van der Waals surface area contributed by atoms with E-state index >= 15 is 0 Å². The molecule has 3 aromatic carbocycles. The van der Waals surface area contributed by atoms with Crippen molar-refractivity contribution in [2.75, 3.05) is 33.7 Å². The minimum absolute atomic E-state index is 0.127. The maximum atomic E-state index is 13.1. The lowest BCUT2D eigenvalue weighted by Crippen LogP contribution is -2.52. The van der Waals surface area contributed by atoms with E-state index in [2.05, 4.69) is 34.1 Å². The van der Waals surface area contributed by atoms with Gasteiger partial charge >= 0.3 is 5.97 Å². The van der Waals surface area contributed by atoms with Crippen molar-refractivity contribution in [3.05, 3.63) is 112 Å². The fourth-order valence-corrected chi connectivity index (χ4v) is 6.15. The van der Waals surface area contributed by atoms with Crippen molar-refractivity contribution in [1.29, 1.82) is 0 Å². The van der Waals surface area contributed by atoms with Gasteiger partial charge in [-0.05, 0) is 63.0 Å². The first kappa shape index (κ1) is 30.7. The van der Waals surface area contributed by atoms with Gasteiger partial charge in [0.2, 0.25) is 5.56 Å². The molecule has 43 heavy (non-hydrogen) atoms. The van der Waals surface area contributed by atoms with E-state index in [1.54, 1.807) is 12.1 Å². The van der Waals surface area contributed by atoms with E-state index in [-0.39, 0.29) is 17.4 Å². The summed E-state index contributed by atoms with van der Waals surface area (Å²) >= 11 is 0. The number of ether oxygens (including phenoxy) is 1. The van der Waals surface area contributed by atoms with Crippen LogP contribution in [0.15, 0.2) is 89.7 Å². The molecule has 1 aliphatic carbocycles. The zero-order chi connectivity index (χ0) is 30.2. The predicted octanol–water partition coefficient (Wildman–Crippen LogP) is 5.51. The Balaban J connectivity index is 1.47. The zero-order valence-electron chi connectivity index (χ0n) is 25.3. The third-order valence-corrected chi connectivity index (χ3v) is 8.76. The number of carbonyl (C=O) groups excluding carboxylic acids is 1. The molecule has 7 nitrogen and oxygen atoms in total. The van der Waals surface area contributed by atoms with Crippen molar-refractivity contribution in [1.82, 2.24) is 14.8 Å². The van der Waals surface area contributed by atoms with Gasteiger partial charge in [-0.3, -0.25) is 14.5 Å². The van der Waals surface area contributed by atoms with Crippen molar-refractivity contribution < 1.29 is 14.6 Å². The number of nitrogens with one attached hydrogen (secondary N) is 1. The molecule has 1 aromatic heterocycles. The Labute approximate surface area is 254 Å². The minimum Gasteiger partial charge on any atom is -0.424 e. The number of benzene rings is 3. The highest BCUT2D eigenvalue weighted by Gasteiger charge is 2.37. The van der Waals surface area contributed by atoms with Crippen LogP contribution in [0, 0.1) is 5.92 Å². The Morgan fingerprint density at radius 3 is 2.14 bits per heavy atom. The van der Waals surface area contributed by atoms with Gasteiger partial charge in [0.1, 0.15) is 0 Å². The molecule has 1 fully saturated rings. The molecule has 1 heterocycles. The molecule has 7 heteroatoms. The molecule has 5 rings (SSSR count). The number of hydrogen-bond acceptors (Lipinski definition) is 6. The second kappa shape index (κ2) is 14.1. The highest BCUT2D eigenvalue weighted by molar-refractivity contribution is 5.90. The molecule has 2 N–H and O–H groups in total. The van der Waals surface area contributed by atoms with Gasteiger partial charge in [0.25, 0.3) is 0 Å². The number of aromatic nitrogens is 1. The van der Waals surface area contributed by atoms with E-state index in [0.29, 0.717) is 35.3 Å². The third-order valence-electron chi connectivity index (χ3n) is 8.76. The first-order valence-electron chi connectivity index (χ1n) is 15.4. The van der Waals surface area contributed by atoms with Gasteiger partial charge in [-0.1, -0.05) is 86.0 Å². The Morgan fingerprint density at radius 1 is 0.860 bits per heavy atom. The molecule has 0 aliphatic heterocycles. The largest absolute Gasteiger partial charge is 0.424 e. The van der Waals surface area contributed by atoms with Crippen LogP contribution >= 0.6 is 0 Å². The molecule has 0 spiro atoms. The summed E-state index contributed by atoms with van der Waals surface area (Å²) in [5.74, 6) is -0.0636. The van der Waals surface area contributed by atoms with E-state index in [9.17, 15) is 14.7 Å². The van der Waals surface area contributed by atoms with Crippen LogP contribution in [0.25, 0.3) is 10.9 Å². The van der Waals surface area contributed by atoms with E-state index in [1.165, 1.54) is 17.2 Å². The van der Waals surface area contributed by atoms with E-state index in [4.69, 9.17) is 4.74 Å².